The largest absolute Gasteiger partial charge is 0.369 e. The van der Waals surface area contributed by atoms with Gasteiger partial charge in [0.25, 0.3) is 0 Å². The maximum atomic E-state index is 6.21. The van der Waals surface area contributed by atoms with Crippen LogP contribution in [-0.4, -0.2) is 54.5 Å². The number of nitrogens with zero attached hydrogens (tertiary/aromatic N) is 3. The Morgan fingerprint density at radius 2 is 1.81 bits per heavy atom. The number of hydrazine groups is 1. The van der Waals surface area contributed by atoms with Crippen molar-refractivity contribution in [2.24, 2.45) is 16.5 Å². The third-order valence-corrected chi connectivity index (χ3v) is 5.95. The Morgan fingerprint density at radius 3 is 2.44 bits per heavy atom. The van der Waals surface area contributed by atoms with E-state index in [2.05, 4.69) is 49.9 Å². The molecule has 1 aromatic rings. The van der Waals surface area contributed by atoms with Crippen molar-refractivity contribution in [1.82, 2.24) is 20.7 Å². The van der Waals surface area contributed by atoms with Crippen LogP contribution in [0.5, 0.6) is 0 Å². The Kier molecular flexibility index (Phi) is 5.45. The third-order valence-electron chi connectivity index (χ3n) is 5.95. The standard InChI is InChI=1S/C20H31N7/c21-19-23-20(22,25-24-19)17-9-7-16(8-10-17)4-3-11-26-12-14-27(15-13-26)18-5-1-2-6-18/h3-4,7-10,18,25H,1-2,5-6,11-15,22H2,(H3,21,23,24). The maximum absolute atomic E-state index is 6.21. The van der Waals surface area contributed by atoms with Gasteiger partial charge in [0, 0.05) is 44.3 Å². The van der Waals surface area contributed by atoms with Crippen LogP contribution in [0.2, 0.25) is 0 Å². The minimum atomic E-state index is -0.995. The number of benzene rings is 1. The number of piperazine rings is 1. The van der Waals surface area contributed by atoms with Crippen molar-refractivity contribution >= 4 is 12.0 Å². The predicted molar refractivity (Wildman–Crippen MR) is 110 cm³/mol. The van der Waals surface area contributed by atoms with Crippen LogP contribution in [0.15, 0.2) is 35.3 Å². The Balaban J connectivity index is 1.25. The van der Waals surface area contributed by atoms with E-state index in [1.165, 1.54) is 51.9 Å². The quantitative estimate of drug-likeness (QED) is 0.612. The van der Waals surface area contributed by atoms with Crippen molar-refractivity contribution in [3.63, 3.8) is 0 Å². The van der Waals surface area contributed by atoms with Gasteiger partial charge < -0.3 is 5.73 Å². The Labute approximate surface area is 161 Å². The summed E-state index contributed by atoms with van der Waals surface area (Å²) in [6.07, 6.45) is 10.1. The number of aliphatic imine (C=N–C) groups is 1. The number of hydrogen-bond acceptors (Lipinski definition) is 7. The summed E-state index contributed by atoms with van der Waals surface area (Å²) in [5.41, 5.74) is 19.5. The lowest BCUT2D eigenvalue weighted by atomic mass is 10.1. The average molecular weight is 370 g/mol. The molecule has 3 aliphatic rings. The van der Waals surface area contributed by atoms with Crippen molar-refractivity contribution in [3.05, 3.63) is 41.5 Å². The highest BCUT2D eigenvalue weighted by atomic mass is 15.6. The molecule has 27 heavy (non-hydrogen) atoms. The minimum absolute atomic E-state index is 0.300. The molecule has 4 rings (SSSR count). The van der Waals surface area contributed by atoms with Gasteiger partial charge >= 0.3 is 0 Å². The van der Waals surface area contributed by atoms with Crippen LogP contribution in [-0.2, 0) is 5.79 Å². The van der Waals surface area contributed by atoms with Gasteiger partial charge in [-0.05, 0) is 18.4 Å². The van der Waals surface area contributed by atoms with Gasteiger partial charge in [-0.3, -0.25) is 21.0 Å². The zero-order valence-electron chi connectivity index (χ0n) is 15.9. The molecule has 1 unspecified atom stereocenters. The molecule has 0 aromatic heterocycles. The molecule has 1 saturated heterocycles. The molecule has 7 heteroatoms. The monoisotopic (exact) mass is 369 g/mol. The molecular formula is C20H31N7. The zero-order chi connectivity index (χ0) is 18.7. The Bertz CT molecular complexity index is 685. The minimum Gasteiger partial charge on any atom is -0.369 e. The second kappa shape index (κ2) is 7.98. The fourth-order valence-electron chi connectivity index (χ4n) is 4.31. The first-order chi connectivity index (χ1) is 13.1. The van der Waals surface area contributed by atoms with Gasteiger partial charge in [-0.2, -0.15) is 5.43 Å². The smallest absolute Gasteiger partial charge is 0.209 e. The van der Waals surface area contributed by atoms with Gasteiger partial charge in [-0.15, -0.1) is 0 Å². The summed E-state index contributed by atoms with van der Waals surface area (Å²) in [6, 6.07) is 8.94. The van der Waals surface area contributed by atoms with E-state index in [4.69, 9.17) is 11.5 Å². The molecule has 6 N–H and O–H groups in total. The van der Waals surface area contributed by atoms with Crippen molar-refractivity contribution in [1.29, 1.82) is 0 Å². The fraction of sp³-hybridized carbons (Fsp3) is 0.550. The van der Waals surface area contributed by atoms with Crippen molar-refractivity contribution in [2.75, 3.05) is 32.7 Å². The molecule has 146 valence electrons. The molecule has 2 fully saturated rings. The predicted octanol–water partition coefficient (Wildman–Crippen LogP) is 0.752. The van der Waals surface area contributed by atoms with Crippen LogP contribution >= 0.6 is 0 Å². The first kappa shape index (κ1) is 18.4. The first-order valence-corrected chi connectivity index (χ1v) is 10.0. The lowest BCUT2D eigenvalue weighted by Crippen LogP contribution is -2.50. The molecular weight excluding hydrogens is 338 g/mol. The molecule has 2 aliphatic heterocycles. The summed E-state index contributed by atoms with van der Waals surface area (Å²) in [7, 11) is 0. The van der Waals surface area contributed by atoms with Crippen LogP contribution in [0.3, 0.4) is 0 Å². The fourth-order valence-corrected chi connectivity index (χ4v) is 4.31. The molecule has 2 heterocycles. The summed E-state index contributed by atoms with van der Waals surface area (Å²) >= 11 is 0. The number of nitrogens with one attached hydrogen (secondary N) is 2. The van der Waals surface area contributed by atoms with Crippen molar-refractivity contribution < 1.29 is 0 Å². The van der Waals surface area contributed by atoms with Crippen LogP contribution in [0, 0.1) is 0 Å². The van der Waals surface area contributed by atoms with Crippen molar-refractivity contribution in [2.45, 2.75) is 37.5 Å². The molecule has 1 aromatic carbocycles. The maximum Gasteiger partial charge on any atom is 0.209 e. The number of hydrogen-bond donors (Lipinski definition) is 4. The lowest BCUT2D eigenvalue weighted by molar-refractivity contribution is 0.105. The van der Waals surface area contributed by atoms with Gasteiger partial charge in [-0.25, -0.2) is 4.99 Å². The molecule has 1 aliphatic carbocycles. The Morgan fingerprint density at radius 1 is 1.11 bits per heavy atom. The van der Waals surface area contributed by atoms with E-state index in [0.29, 0.717) is 5.96 Å². The highest BCUT2D eigenvalue weighted by molar-refractivity contribution is 5.79. The van der Waals surface area contributed by atoms with Gasteiger partial charge in [0.2, 0.25) is 11.7 Å². The molecule has 0 bridgehead atoms. The summed E-state index contributed by atoms with van der Waals surface area (Å²) in [5, 5.41) is 0. The van der Waals surface area contributed by atoms with Crippen LogP contribution in [0.4, 0.5) is 0 Å². The SMILES string of the molecule is NC1=NC(N)(c2ccc(C=CCN3CCN(C4CCCC4)CC3)cc2)NN1. The first-order valence-electron chi connectivity index (χ1n) is 10.0. The second-order valence-electron chi connectivity index (χ2n) is 7.81. The molecule has 0 amide bonds. The molecule has 1 saturated carbocycles. The normalized spacial score (nSPS) is 28.0. The molecule has 1 atom stereocenters. The highest BCUT2D eigenvalue weighted by Crippen LogP contribution is 2.24. The topological polar surface area (TPSA) is 94.9 Å². The number of nitrogens with two attached hydrogens (primary N) is 2. The van der Waals surface area contributed by atoms with Gasteiger partial charge in [-0.1, -0.05) is 49.3 Å². The zero-order valence-corrected chi connectivity index (χ0v) is 15.9. The molecule has 0 spiro atoms. The molecule has 7 nitrogen and oxygen atoms in total. The summed E-state index contributed by atoms with van der Waals surface area (Å²) in [4.78, 5) is 9.44. The highest BCUT2D eigenvalue weighted by Gasteiger charge is 2.31. The summed E-state index contributed by atoms with van der Waals surface area (Å²) in [6.45, 7) is 5.79. The number of guanidine groups is 1. The average Bonchev–Trinajstić information content (AvgIpc) is 3.33. The number of rotatable bonds is 5. The van der Waals surface area contributed by atoms with E-state index in [9.17, 15) is 0 Å². The van der Waals surface area contributed by atoms with Crippen LogP contribution in [0.25, 0.3) is 6.08 Å². The lowest BCUT2D eigenvalue weighted by Gasteiger charge is -2.37. The van der Waals surface area contributed by atoms with Crippen LogP contribution < -0.4 is 22.3 Å². The van der Waals surface area contributed by atoms with E-state index >= 15 is 0 Å². The second-order valence-corrected chi connectivity index (χ2v) is 7.81. The molecule has 0 radical (unpaired) electrons. The summed E-state index contributed by atoms with van der Waals surface area (Å²) < 4.78 is 0. The van der Waals surface area contributed by atoms with E-state index in [1.807, 2.05) is 12.1 Å². The van der Waals surface area contributed by atoms with E-state index in [-0.39, 0.29) is 0 Å². The third kappa shape index (κ3) is 4.32. The van der Waals surface area contributed by atoms with Gasteiger partial charge in [0.15, 0.2) is 0 Å². The van der Waals surface area contributed by atoms with E-state index in [0.717, 1.165) is 23.7 Å². The Hall–Kier alpha value is -1.93. The van der Waals surface area contributed by atoms with Gasteiger partial charge in [0.05, 0.1) is 0 Å². The van der Waals surface area contributed by atoms with E-state index < -0.39 is 5.79 Å². The van der Waals surface area contributed by atoms with E-state index in [1.54, 1.807) is 0 Å². The van der Waals surface area contributed by atoms with Crippen LogP contribution in [0.1, 0.15) is 36.8 Å². The summed E-state index contributed by atoms with van der Waals surface area (Å²) in [5.74, 6) is -0.694. The van der Waals surface area contributed by atoms with Crippen molar-refractivity contribution in [3.8, 4) is 0 Å². The van der Waals surface area contributed by atoms with Gasteiger partial charge in [0.1, 0.15) is 0 Å².